The van der Waals surface area contributed by atoms with Crippen LogP contribution in [0.1, 0.15) is 83.0 Å². The van der Waals surface area contributed by atoms with Crippen LogP contribution in [0, 0.1) is 25.6 Å². The number of imide groups is 2. The molecule has 3 saturated heterocycles. The summed E-state index contributed by atoms with van der Waals surface area (Å²) in [5, 5.41) is 10.9. The quantitative estimate of drug-likeness (QED) is 0.0655. The highest BCUT2D eigenvalue weighted by Gasteiger charge is 2.51. The number of hydrogen-bond acceptors (Lipinski definition) is 13. The number of hydrogen-bond donors (Lipinski definition) is 4. The lowest BCUT2D eigenvalue weighted by atomic mass is 9.92. The molecule has 358 valence electrons. The molecule has 68 heavy (non-hydrogen) atoms. The largest absolute Gasteiger partial charge is 0.404 e. The molecule has 0 radical (unpaired) electrons. The molecule has 0 aliphatic carbocycles. The molecule has 0 saturated carbocycles. The second-order valence-corrected chi connectivity index (χ2v) is 18.1. The third kappa shape index (κ3) is 9.43. The van der Waals surface area contributed by atoms with Crippen LogP contribution in [-0.2, 0) is 26.3 Å². The molecule has 17 nitrogen and oxygen atoms in total. The Kier molecular flexibility index (Phi) is 13.2. The molecule has 21 heteroatoms. The van der Waals surface area contributed by atoms with Gasteiger partial charge < -0.3 is 20.9 Å². The van der Waals surface area contributed by atoms with Crippen LogP contribution >= 0.6 is 0 Å². The summed E-state index contributed by atoms with van der Waals surface area (Å²) in [5.41, 5.74) is 8.05. The molecule has 5 N–H and O–H groups in total. The second kappa shape index (κ2) is 18.9. The van der Waals surface area contributed by atoms with E-state index in [4.69, 9.17) is 10.7 Å². The summed E-state index contributed by atoms with van der Waals surface area (Å²) < 4.78 is 55.8. The maximum absolute atomic E-state index is 15.5. The number of nitrogens with one attached hydrogen (secondary N) is 3. The Morgan fingerprint density at radius 2 is 1.65 bits per heavy atom. The van der Waals surface area contributed by atoms with Crippen molar-refractivity contribution in [2.45, 2.75) is 77.6 Å². The van der Waals surface area contributed by atoms with Crippen molar-refractivity contribution < 1.29 is 41.5 Å². The van der Waals surface area contributed by atoms with E-state index in [9.17, 15) is 37.1 Å². The topological polar surface area (TPSA) is 215 Å². The third-order valence-electron chi connectivity index (χ3n) is 13.4. The first-order valence-electron chi connectivity index (χ1n) is 22.4. The van der Waals surface area contributed by atoms with E-state index < -0.39 is 58.8 Å². The van der Waals surface area contributed by atoms with Crippen molar-refractivity contribution in [3.05, 3.63) is 94.1 Å². The van der Waals surface area contributed by atoms with Gasteiger partial charge in [0.2, 0.25) is 11.8 Å². The van der Waals surface area contributed by atoms with Crippen molar-refractivity contribution in [2.75, 3.05) is 55.6 Å². The number of carbonyl (C=O) groups excluding carboxylic acids is 5. The summed E-state index contributed by atoms with van der Waals surface area (Å²) >= 11 is 0. The fourth-order valence-corrected chi connectivity index (χ4v) is 9.11. The van der Waals surface area contributed by atoms with E-state index in [1.54, 1.807) is 0 Å². The molecule has 0 spiro atoms. The normalized spacial score (nSPS) is 19.0. The highest BCUT2D eigenvalue weighted by Crippen LogP contribution is 2.39. The standard InChI is InChI=1S/C47H52F4N12O5/c1-26-5-7-34(53-23-30(21-52)41(65)55-24-37-56-45(59-58-37)46(3,4)47(49,50)51)27(2)40(26)29-6-9-38(54-22-29)62-17-15-60(16-18-62)25-28-11-13-61(14-12-28)36-20-32-31(19-33(36)48)43(67)63(44(32)68)35-8-10-39(64)57-42(35)66/h5-7,9,19-23,28,35H,8,10-18,24-25,52H2,1-4H3,(H,55,65)(H,56,58,59)(H,57,64,66)/b30-21+,53-23?. The van der Waals surface area contributed by atoms with Crippen LogP contribution in [0.2, 0.25) is 0 Å². The highest BCUT2D eigenvalue weighted by molar-refractivity contribution is 6.23. The number of amides is 5. The van der Waals surface area contributed by atoms with Gasteiger partial charge in [-0.1, -0.05) is 6.07 Å². The van der Waals surface area contributed by atoms with Gasteiger partial charge in [0.15, 0.2) is 5.82 Å². The summed E-state index contributed by atoms with van der Waals surface area (Å²) in [6.45, 7) is 11.0. The van der Waals surface area contributed by atoms with Gasteiger partial charge in [-0.3, -0.25) is 49.2 Å². The van der Waals surface area contributed by atoms with Crippen molar-refractivity contribution in [3.8, 4) is 11.1 Å². The number of piperidine rings is 2. The van der Waals surface area contributed by atoms with E-state index in [0.717, 1.165) is 105 Å². The summed E-state index contributed by atoms with van der Waals surface area (Å²) in [5.74, 6) is -2.92. The molecule has 2 aromatic heterocycles. The Morgan fingerprint density at radius 3 is 2.29 bits per heavy atom. The van der Waals surface area contributed by atoms with Gasteiger partial charge in [0.1, 0.15) is 28.9 Å². The Labute approximate surface area is 389 Å². The van der Waals surface area contributed by atoms with E-state index in [0.29, 0.717) is 24.7 Å². The monoisotopic (exact) mass is 940 g/mol. The molecule has 2 aromatic carbocycles. The third-order valence-corrected chi connectivity index (χ3v) is 13.4. The number of pyridine rings is 1. The molecule has 1 atom stereocenters. The molecule has 1 unspecified atom stereocenters. The number of anilines is 2. The number of aliphatic imine (C=N–C) groups is 1. The van der Waals surface area contributed by atoms with Crippen molar-refractivity contribution in [3.63, 3.8) is 0 Å². The van der Waals surface area contributed by atoms with Crippen LogP contribution < -0.4 is 26.2 Å². The molecule has 0 bridgehead atoms. The molecule has 4 aliphatic rings. The summed E-state index contributed by atoms with van der Waals surface area (Å²) in [6.07, 6.45) is 1.37. The minimum atomic E-state index is -4.56. The number of aryl methyl sites for hydroxylation is 1. The lowest BCUT2D eigenvalue weighted by molar-refractivity contribution is -0.182. The van der Waals surface area contributed by atoms with Gasteiger partial charge >= 0.3 is 6.18 Å². The lowest BCUT2D eigenvalue weighted by Crippen LogP contribution is -2.54. The first-order chi connectivity index (χ1) is 32.3. The predicted molar refractivity (Wildman–Crippen MR) is 244 cm³/mol. The van der Waals surface area contributed by atoms with Crippen LogP contribution in [0.3, 0.4) is 0 Å². The molecule has 4 aromatic rings. The van der Waals surface area contributed by atoms with E-state index in [1.807, 2.05) is 49.2 Å². The zero-order valence-electron chi connectivity index (χ0n) is 38.0. The van der Waals surface area contributed by atoms with Gasteiger partial charge in [0, 0.05) is 76.4 Å². The summed E-state index contributed by atoms with van der Waals surface area (Å²) in [6, 6.07) is 9.19. The Hall–Kier alpha value is -7.03. The number of carbonyl (C=O) groups is 5. The number of halogens is 4. The molecule has 6 heterocycles. The number of aromatic amines is 1. The summed E-state index contributed by atoms with van der Waals surface area (Å²) in [4.78, 5) is 84.3. The van der Waals surface area contributed by atoms with Crippen LogP contribution in [0.15, 0.2) is 59.4 Å². The zero-order chi connectivity index (χ0) is 48.7. The Bertz CT molecular complexity index is 2700. The van der Waals surface area contributed by atoms with Crippen molar-refractivity contribution in [2.24, 2.45) is 16.6 Å². The maximum atomic E-state index is 15.5. The van der Waals surface area contributed by atoms with Gasteiger partial charge in [0.05, 0.1) is 34.6 Å². The number of nitrogens with zero attached hydrogens (tertiary/aromatic N) is 8. The second-order valence-electron chi connectivity index (χ2n) is 18.1. The summed E-state index contributed by atoms with van der Waals surface area (Å²) in [7, 11) is 0. The number of aromatic nitrogens is 4. The number of nitrogens with two attached hydrogens (primary N) is 1. The number of H-pyrrole nitrogens is 1. The Balaban J connectivity index is 0.818. The average molecular weight is 941 g/mol. The number of benzene rings is 2. The fourth-order valence-electron chi connectivity index (χ4n) is 9.11. The van der Waals surface area contributed by atoms with Gasteiger partial charge in [-0.2, -0.15) is 18.3 Å². The predicted octanol–water partition coefficient (Wildman–Crippen LogP) is 4.76. The van der Waals surface area contributed by atoms with Gasteiger partial charge in [-0.15, -0.1) is 0 Å². The molecule has 8 rings (SSSR count). The maximum Gasteiger partial charge on any atom is 0.401 e. The van der Waals surface area contributed by atoms with Gasteiger partial charge in [0.25, 0.3) is 17.7 Å². The van der Waals surface area contributed by atoms with Crippen LogP contribution in [-0.4, -0.2) is 124 Å². The molecule has 5 amide bonds. The first kappa shape index (κ1) is 47.5. The number of fused-ring (bicyclic) bond motifs is 1. The molecule has 3 fully saturated rings. The SMILES string of the molecule is Cc1ccc(N=C/C(=C\N)C(=O)NCc2nc(C(C)(C)C(F)(F)F)n[nH]2)c(C)c1-c1ccc(N2CCN(CC3CCN(c4cc5c(cc4F)C(=O)N(C4CCC(=O)NC4=O)C5=O)CC3)CC2)nc1. The number of piperazine rings is 1. The smallest absolute Gasteiger partial charge is 0.401 e. The van der Waals surface area contributed by atoms with Crippen molar-refractivity contribution in [1.29, 1.82) is 0 Å². The first-order valence-corrected chi connectivity index (χ1v) is 22.4. The van der Waals surface area contributed by atoms with Gasteiger partial charge in [-0.05, 0) is 99.9 Å². The lowest BCUT2D eigenvalue weighted by Gasteiger charge is -2.39. The van der Waals surface area contributed by atoms with Crippen molar-refractivity contribution >= 4 is 52.9 Å². The Morgan fingerprint density at radius 1 is 0.941 bits per heavy atom. The number of rotatable bonds is 12. The number of alkyl halides is 3. The zero-order valence-corrected chi connectivity index (χ0v) is 38.0. The van der Waals surface area contributed by atoms with Crippen LogP contribution in [0.4, 0.5) is 34.8 Å². The molecule has 4 aliphatic heterocycles. The van der Waals surface area contributed by atoms with Crippen LogP contribution in [0.5, 0.6) is 0 Å². The minimum absolute atomic E-state index is 0.00155. The van der Waals surface area contributed by atoms with E-state index in [2.05, 4.69) is 40.6 Å². The van der Waals surface area contributed by atoms with E-state index in [-0.39, 0.29) is 47.6 Å². The van der Waals surface area contributed by atoms with E-state index >= 15 is 4.39 Å². The minimum Gasteiger partial charge on any atom is -0.404 e. The van der Waals surface area contributed by atoms with Crippen LogP contribution in [0.25, 0.3) is 11.1 Å². The highest BCUT2D eigenvalue weighted by atomic mass is 19.4. The van der Waals surface area contributed by atoms with Gasteiger partial charge in [-0.25, -0.2) is 14.4 Å². The fraction of sp³-hybridized carbons (Fsp3) is 0.426. The van der Waals surface area contributed by atoms with Crippen molar-refractivity contribution in [1.82, 2.24) is 40.6 Å². The average Bonchev–Trinajstić information content (AvgIpc) is 3.89. The molecular formula is C47H52F4N12O5. The molecular weight excluding hydrogens is 889 g/mol. The van der Waals surface area contributed by atoms with E-state index in [1.165, 1.54) is 12.3 Å².